The Kier molecular flexibility index (Phi) is 7.02. The largest absolute Gasteiger partial charge is 0.493 e. The van der Waals surface area contributed by atoms with Gasteiger partial charge in [0.15, 0.2) is 29.0 Å². The minimum atomic E-state index is -1.16. The lowest BCUT2D eigenvalue weighted by Gasteiger charge is -2.14. The molecule has 12 heteroatoms. The average Bonchev–Trinajstić information content (AvgIpc) is 3.30. The van der Waals surface area contributed by atoms with Crippen LogP contribution in [0.4, 0.5) is 20.3 Å². The predicted molar refractivity (Wildman–Crippen MR) is 122 cm³/mol. The number of fused-ring (bicyclic) bond motifs is 1. The van der Waals surface area contributed by atoms with Crippen molar-refractivity contribution < 1.29 is 23.0 Å². The van der Waals surface area contributed by atoms with E-state index in [-0.39, 0.29) is 11.4 Å². The molecule has 1 amide bonds. The minimum Gasteiger partial charge on any atom is -0.493 e. The number of aromatic nitrogens is 4. The molecule has 0 atom stereocenters. The molecular formula is C22H19ClF2N6O3. The highest BCUT2D eigenvalue weighted by atomic mass is 35.5. The third kappa shape index (κ3) is 4.84. The molecule has 0 fully saturated rings. The van der Waals surface area contributed by atoms with Gasteiger partial charge in [0.1, 0.15) is 12.0 Å². The van der Waals surface area contributed by atoms with Gasteiger partial charge in [0.05, 0.1) is 31.1 Å². The number of hydrogen-bond donors (Lipinski definition) is 2. The highest BCUT2D eigenvalue weighted by molar-refractivity contribution is 6.17. The highest BCUT2D eigenvalue weighted by Crippen LogP contribution is 2.34. The van der Waals surface area contributed by atoms with Crippen molar-refractivity contribution in [1.29, 1.82) is 0 Å². The smallest absolute Gasteiger partial charge is 0.276 e. The summed E-state index contributed by atoms with van der Waals surface area (Å²) >= 11 is 5.71. The van der Waals surface area contributed by atoms with Crippen molar-refractivity contribution in [3.8, 4) is 11.5 Å². The van der Waals surface area contributed by atoms with Crippen LogP contribution in [0.5, 0.6) is 11.5 Å². The second-order valence-electron chi connectivity index (χ2n) is 6.93. The minimum absolute atomic E-state index is 0.0309. The Bertz CT molecular complexity index is 1330. The van der Waals surface area contributed by atoms with Gasteiger partial charge >= 0.3 is 0 Å². The summed E-state index contributed by atoms with van der Waals surface area (Å²) in [4.78, 5) is 22.4. The Balaban J connectivity index is 1.62. The molecule has 4 aromatic rings. The summed E-state index contributed by atoms with van der Waals surface area (Å²) in [7, 11) is 1.51. The Morgan fingerprint density at radius 3 is 2.82 bits per heavy atom. The van der Waals surface area contributed by atoms with Gasteiger partial charge in [-0.05, 0) is 30.7 Å². The molecule has 0 aliphatic rings. The first-order valence-corrected chi connectivity index (χ1v) is 10.6. The van der Waals surface area contributed by atoms with Crippen LogP contribution in [-0.2, 0) is 0 Å². The van der Waals surface area contributed by atoms with Crippen LogP contribution in [0, 0.1) is 11.6 Å². The summed E-state index contributed by atoms with van der Waals surface area (Å²) < 4.78 is 38.6. The van der Waals surface area contributed by atoms with E-state index in [4.69, 9.17) is 21.1 Å². The number of benzene rings is 2. The molecule has 0 aliphatic heterocycles. The second-order valence-corrected chi connectivity index (χ2v) is 7.31. The topological polar surface area (TPSA) is 103 Å². The number of nitrogens with one attached hydrogen (secondary N) is 2. The van der Waals surface area contributed by atoms with E-state index in [1.165, 1.54) is 37.8 Å². The van der Waals surface area contributed by atoms with Gasteiger partial charge < -0.3 is 14.8 Å². The van der Waals surface area contributed by atoms with E-state index in [1.54, 1.807) is 12.1 Å². The first-order chi connectivity index (χ1) is 16.5. The average molecular weight is 489 g/mol. The van der Waals surface area contributed by atoms with Crippen molar-refractivity contribution in [3.63, 3.8) is 0 Å². The fourth-order valence-electron chi connectivity index (χ4n) is 3.11. The first-order valence-electron chi connectivity index (χ1n) is 10.1. The van der Waals surface area contributed by atoms with Crippen molar-refractivity contribution >= 4 is 39.9 Å². The van der Waals surface area contributed by atoms with E-state index < -0.39 is 17.5 Å². The highest BCUT2D eigenvalue weighted by Gasteiger charge is 2.18. The van der Waals surface area contributed by atoms with Crippen molar-refractivity contribution in [2.24, 2.45) is 0 Å². The normalized spacial score (nSPS) is 10.8. The summed E-state index contributed by atoms with van der Waals surface area (Å²) in [6.07, 6.45) is 3.38. The molecule has 0 spiro atoms. The number of amides is 1. The SMILES string of the molecule is COc1cc2c(Nn3nccc3C(=O)Nc3cccc(F)c3F)ncnc2cc1OCCCCl. The number of carbonyl (C=O) groups excluding carboxylic acids is 1. The van der Waals surface area contributed by atoms with Crippen LogP contribution >= 0.6 is 11.6 Å². The number of alkyl halides is 1. The Hall–Kier alpha value is -3.99. The van der Waals surface area contributed by atoms with E-state index in [0.717, 1.165) is 10.9 Å². The van der Waals surface area contributed by atoms with Crippen LogP contribution in [0.15, 0.2) is 48.9 Å². The number of rotatable bonds is 9. The number of methoxy groups -OCH3 is 1. The van der Waals surface area contributed by atoms with Gasteiger partial charge in [-0.2, -0.15) is 9.89 Å². The maximum Gasteiger partial charge on any atom is 0.276 e. The molecule has 2 aromatic heterocycles. The number of ether oxygens (including phenoxy) is 2. The fraction of sp³-hybridized carbons (Fsp3) is 0.182. The molecule has 9 nitrogen and oxygen atoms in total. The fourth-order valence-corrected chi connectivity index (χ4v) is 3.22. The lowest BCUT2D eigenvalue weighted by atomic mass is 10.2. The van der Waals surface area contributed by atoms with Crippen molar-refractivity contribution in [3.05, 3.63) is 66.3 Å². The summed E-state index contributed by atoms with van der Waals surface area (Å²) in [6, 6.07) is 8.31. The Morgan fingerprint density at radius 2 is 2.03 bits per heavy atom. The zero-order valence-corrected chi connectivity index (χ0v) is 18.6. The summed E-state index contributed by atoms with van der Waals surface area (Å²) in [6.45, 7) is 0.416. The van der Waals surface area contributed by atoms with E-state index in [2.05, 4.69) is 25.8 Å². The molecule has 2 N–H and O–H groups in total. The Morgan fingerprint density at radius 1 is 1.18 bits per heavy atom. The molecule has 0 aliphatic carbocycles. The molecule has 34 heavy (non-hydrogen) atoms. The van der Waals surface area contributed by atoms with E-state index in [1.807, 2.05) is 0 Å². The number of carbonyl (C=O) groups is 1. The lowest BCUT2D eigenvalue weighted by Crippen LogP contribution is -2.23. The maximum atomic E-state index is 14.0. The quantitative estimate of drug-likeness (QED) is 0.268. The summed E-state index contributed by atoms with van der Waals surface area (Å²) in [5.74, 6) is -1.19. The molecule has 0 radical (unpaired) electrons. The molecule has 2 aromatic carbocycles. The summed E-state index contributed by atoms with van der Waals surface area (Å²) in [5.41, 5.74) is 3.21. The second kappa shape index (κ2) is 10.3. The van der Waals surface area contributed by atoms with Gasteiger partial charge in [-0.1, -0.05) is 6.07 Å². The molecule has 2 heterocycles. The van der Waals surface area contributed by atoms with Gasteiger partial charge in [0, 0.05) is 17.3 Å². The number of halogens is 3. The molecule has 0 bridgehead atoms. The van der Waals surface area contributed by atoms with Crippen molar-refractivity contribution in [1.82, 2.24) is 19.9 Å². The van der Waals surface area contributed by atoms with Gasteiger partial charge in [0.25, 0.3) is 5.91 Å². The molecular weight excluding hydrogens is 470 g/mol. The van der Waals surface area contributed by atoms with Crippen LogP contribution in [0.2, 0.25) is 0 Å². The Labute approximate surface area is 197 Å². The van der Waals surface area contributed by atoms with E-state index in [9.17, 15) is 13.6 Å². The third-order valence-corrected chi connectivity index (χ3v) is 5.01. The van der Waals surface area contributed by atoms with Gasteiger partial charge in [-0.15, -0.1) is 11.6 Å². The van der Waals surface area contributed by atoms with Crippen LogP contribution < -0.4 is 20.2 Å². The summed E-state index contributed by atoms with van der Waals surface area (Å²) in [5, 5.41) is 6.98. The molecule has 4 rings (SSSR count). The number of hydrogen-bond acceptors (Lipinski definition) is 7. The standard InChI is InChI=1S/C22H19ClF2N6O3/c1-33-18-10-13-16(11-19(18)34-9-3-7-23)26-12-27-21(13)30-31-17(6-8-28-31)22(32)29-15-5-2-4-14(24)20(15)25/h2,4-6,8,10-12H,3,7,9H2,1H3,(H,29,32)(H,26,27,30). The predicted octanol–water partition coefficient (Wildman–Crippen LogP) is 4.25. The van der Waals surface area contributed by atoms with Crippen LogP contribution in [0.3, 0.4) is 0 Å². The van der Waals surface area contributed by atoms with Gasteiger partial charge in [-0.3, -0.25) is 10.2 Å². The lowest BCUT2D eigenvalue weighted by molar-refractivity contribution is 0.101. The monoisotopic (exact) mass is 488 g/mol. The maximum absolute atomic E-state index is 14.0. The van der Waals surface area contributed by atoms with E-state index >= 15 is 0 Å². The van der Waals surface area contributed by atoms with Crippen molar-refractivity contribution in [2.45, 2.75) is 6.42 Å². The van der Waals surface area contributed by atoms with Gasteiger partial charge in [-0.25, -0.2) is 18.7 Å². The first kappa shape index (κ1) is 23.2. The number of anilines is 2. The zero-order valence-electron chi connectivity index (χ0n) is 17.9. The van der Waals surface area contributed by atoms with Crippen molar-refractivity contribution in [2.75, 3.05) is 30.3 Å². The van der Waals surface area contributed by atoms with E-state index in [0.29, 0.717) is 47.1 Å². The molecule has 0 unspecified atom stereocenters. The molecule has 176 valence electrons. The van der Waals surface area contributed by atoms with Crippen LogP contribution in [0.25, 0.3) is 10.9 Å². The van der Waals surface area contributed by atoms with Crippen LogP contribution in [-0.4, -0.2) is 45.4 Å². The molecule has 0 saturated heterocycles. The number of nitrogens with zero attached hydrogens (tertiary/aromatic N) is 4. The van der Waals surface area contributed by atoms with Gasteiger partial charge in [0.2, 0.25) is 0 Å². The molecule has 0 saturated carbocycles. The zero-order chi connectivity index (χ0) is 24.1. The third-order valence-electron chi connectivity index (χ3n) is 4.74. The van der Waals surface area contributed by atoms with Crippen LogP contribution in [0.1, 0.15) is 16.9 Å².